The summed E-state index contributed by atoms with van der Waals surface area (Å²) >= 11 is 0. The second kappa shape index (κ2) is 8.00. The molecule has 0 saturated carbocycles. The summed E-state index contributed by atoms with van der Waals surface area (Å²) in [5.74, 6) is -1.36. The van der Waals surface area contributed by atoms with Crippen molar-refractivity contribution in [1.82, 2.24) is 9.55 Å². The summed E-state index contributed by atoms with van der Waals surface area (Å²) in [5.41, 5.74) is -1.22. The Labute approximate surface area is 153 Å². The van der Waals surface area contributed by atoms with Gasteiger partial charge in [0.25, 0.3) is 11.5 Å². The average Bonchev–Trinajstić information content (AvgIpc) is 3.18. The summed E-state index contributed by atoms with van der Waals surface area (Å²) in [7, 11) is 1.23. The predicted octanol–water partition coefficient (Wildman–Crippen LogP) is 0.754. The van der Waals surface area contributed by atoms with Gasteiger partial charge in [0.2, 0.25) is 0 Å². The van der Waals surface area contributed by atoms with E-state index >= 15 is 0 Å². The highest BCUT2D eigenvalue weighted by Crippen LogP contribution is 2.17. The first-order valence-electron chi connectivity index (χ1n) is 8.44. The van der Waals surface area contributed by atoms with Crippen LogP contribution >= 0.6 is 0 Å². The highest BCUT2D eigenvalue weighted by atomic mass is 16.5. The van der Waals surface area contributed by atoms with Crippen LogP contribution in [0.3, 0.4) is 0 Å². The Morgan fingerprint density at radius 2 is 2.07 bits per heavy atom. The lowest BCUT2D eigenvalue weighted by molar-refractivity contribution is 0.0602. The molecule has 2 heterocycles. The Morgan fingerprint density at radius 1 is 1.30 bits per heavy atom. The molecule has 0 spiro atoms. The lowest BCUT2D eigenvalue weighted by Gasteiger charge is -2.12. The highest BCUT2D eigenvalue weighted by molar-refractivity contribution is 6.07. The van der Waals surface area contributed by atoms with Crippen LogP contribution in [-0.2, 0) is 16.0 Å². The SMILES string of the molecule is COC(=O)c1ccccc1NC(=O)c1c[nH]c(=O)n(CC2CCCO2)c1=O. The van der Waals surface area contributed by atoms with E-state index in [0.717, 1.165) is 23.6 Å². The summed E-state index contributed by atoms with van der Waals surface area (Å²) < 4.78 is 11.1. The van der Waals surface area contributed by atoms with Gasteiger partial charge in [-0.25, -0.2) is 9.59 Å². The number of para-hydroxylation sites is 1. The Hall–Kier alpha value is -3.20. The number of amides is 1. The number of nitrogens with one attached hydrogen (secondary N) is 2. The molecule has 1 atom stereocenters. The Bertz CT molecular complexity index is 972. The molecule has 9 nitrogen and oxygen atoms in total. The maximum absolute atomic E-state index is 12.6. The fraction of sp³-hybridized carbons (Fsp3) is 0.333. The van der Waals surface area contributed by atoms with Gasteiger partial charge in [0.15, 0.2) is 0 Å². The molecule has 1 aromatic heterocycles. The molecule has 1 unspecified atom stereocenters. The van der Waals surface area contributed by atoms with Gasteiger partial charge in [0.05, 0.1) is 31.0 Å². The number of nitrogens with zero attached hydrogens (tertiary/aromatic N) is 1. The first-order chi connectivity index (χ1) is 13.0. The van der Waals surface area contributed by atoms with E-state index in [0.29, 0.717) is 6.61 Å². The van der Waals surface area contributed by atoms with Crippen LogP contribution < -0.4 is 16.6 Å². The van der Waals surface area contributed by atoms with Gasteiger partial charge in [-0.15, -0.1) is 0 Å². The summed E-state index contributed by atoms with van der Waals surface area (Å²) in [5, 5.41) is 2.52. The van der Waals surface area contributed by atoms with E-state index in [9.17, 15) is 19.2 Å². The second-order valence-corrected chi connectivity index (χ2v) is 6.05. The molecule has 27 heavy (non-hydrogen) atoms. The van der Waals surface area contributed by atoms with Crippen molar-refractivity contribution in [2.24, 2.45) is 0 Å². The van der Waals surface area contributed by atoms with Crippen LogP contribution in [0.4, 0.5) is 5.69 Å². The van der Waals surface area contributed by atoms with E-state index in [2.05, 4.69) is 15.0 Å². The van der Waals surface area contributed by atoms with Crippen molar-refractivity contribution in [2.75, 3.05) is 19.0 Å². The van der Waals surface area contributed by atoms with Crippen molar-refractivity contribution in [1.29, 1.82) is 0 Å². The van der Waals surface area contributed by atoms with E-state index in [4.69, 9.17) is 4.74 Å². The molecule has 2 aromatic rings. The summed E-state index contributed by atoms with van der Waals surface area (Å²) in [4.78, 5) is 51.4. The van der Waals surface area contributed by atoms with Crippen molar-refractivity contribution < 1.29 is 19.1 Å². The number of benzene rings is 1. The number of hydrogen-bond donors (Lipinski definition) is 2. The van der Waals surface area contributed by atoms with E-state index in [1.54, 1.807) is 12.1 Å². The van der Waals surface area contributed by atoms with Crippen molar-refractivity contribution in [3.05, 3.63) is 62.4 Å². The minimum atomic E-state index is -0.742. The summed E-state index contributed by atoms with van der Waals surface area (Å²) in [6.45, 7) is 0.663. The van der Waals surface area contributed by atoms with Gasteiger partial charge in [-0.05, 0) is 25.0 Å². The molecular formula is C18H19N3O6. The summed E-state index contributed by atoms with van der Waals surface area (Å²) in [6.07, 6.45) is 2.44. The van der Waals surface area contributed by atoms with Gasteiger partial charge >= 0.3 is 11.7 Å². The minimum Gasteiger partial charge on any atom is -0.465 e. The summed E-state index contributed by atoms with van der Waals surface area (Å²) in [6, 6.07) is 6.26. The van der Waals surface area contributed by atoms with Crippen LogP contribution in [0.15, 0.2) is 40.1 Å². The number of aromatic amines is 1. The first kappa shape index (κ1) is 18.6. The Balaban J connectivity index is 1.89. The van der Waals surface area contributed by atoms with E-state index in [-0.39, 0.29) is 29.5 Å². The zero-order valence-corrected chi connectivity index (χ0v) is 14.7. The number of esters is 1. The number of hydrogen-bond acceptors (Lipinski definition) is 6. The van der Waals surface area contributed by atoms with Crippen molar-refractivity contribution >= 4 is 17.6 Å². The van der Waals surface area contributed by atoms with Gasteiger partial charge < -0.3 is 19.8 Å². The number of H-pyrrole nitrogens is 1. The molecule has 0 radical (unpaired) electrons. The topological polar surface area (TPSA) is 119 Å². The molecule has 0 bridgehead atoms. The third-order valence-electron chi connectivity index (χ3n) is 4.30. The normalized spacial score (nSPS) is 16.1. The van der Waals surface area contributed by atoms with Gasteiger partial charge in [0, 0.05) is 12.8 Å². The minimum absolute atomic E-state index is 0.0774. The molecule has 1 aromatic carbocycles. The van der Waals surface area contributed by atoms with Crippen LogP contribution in [0, 0.1) is 0 Å². The maximum atomic E-state index is 12.6. The predicted molar refractivity (Wildman–Crippen MR) is 96.0 cm³/mol. The largest absolute Gasteiger partial charge is 0.465 e. The number of anilines is 1. The molecule has 1 fully saturated rings. The van der Waals surface area contributed by atoms with E-state index in [1.165, 1.54) is 19.2 Å². The average molecular weight is 373 g/mol. The highest BCUT2D eigenvalue weighted by Gasteiger charge is 2.21. The quantitative estimate of drug-likeness (QED) is 0.747. The standard InChI is InChI=1S/C18H19N3O6/c1-26-17(24)12-6-2-3-7-14(12)20-15(22)13-9-19-18(25)21(16(13)23)10-11-5-4-8-27-11/h2-3,6-7,9,11H,4-5,8,10H2,1H3,(H,19,25)(H,20,22). The molecule has 1 aliphatic rings. The lowest BCUT2D eigenvalue weighted by Crippen LogP contribution is -2.41. The number of carbonyl (C=O) groups is 2. The van der Waals surface area contributed by atoms with E-state index in [1.807, 2.05) is 0 Å². The van der Waals surface area contributed by atoms with Crippen molar-refractivity contribution in [2.45, 2.75) is 25.5 Å². The molecule has 1 aliphatic heterocycles. The van der Waals surface area contributed by atoms with E-state index < -0.39 is 23.1 Å². The Kier molecular flexibility index (Phi) is 5.51. The van der Waals surface area contributed by atoms with Crippen LogP contribution in [0.2, 0.25) is 0 Å². The van der Waals surface area contributed by atoms with Crippen LogP contribution in [-0.4, -0.2) is 41.2 Å². The number of aromatic nitrogens is 2. The van der Waals surface area contributed by atoms with Crippen molar-refractivity contribution in [3.63, 3.8) is 0 Å². The monoisotopic (exact) mass is 373 g/mol. The fourth-order valence-electron chi connectivity index (χ4n) is 2.90. The molecule has 1 amide bonds. The lowest BCUT2D eigenvalue weighted by atomic mass is 10.1. The molecule has 0 aliphatic carbocycles. The van der Waals surface area contributed by atoms with Gasteiger partial charge in [-0.2, -0.15) is 0 Å². The van der Waals surface area contributed by atoms with Gasteiger partial charge in [-0.1, -0.05) is 12.1 Å². The third-order valence-corrected chi connectivity index (χ3v) is 4.30. The van der Waals surface area contributed by atoms with Crippen molar-refractivity contribution in [3.8, 4) is 0 Å². The zero-order valence-electron chi connectivity index (χ0n) is 14.7. The number of ether oxygens (including phenoxy) is 2. The van der Waals surface area contributed by atoms with Gasteiger partial charge in [-0.3, -0.25) is 14.2 Å². The number of methoxy groups -OCH3 is 1. The molecule has 3 rings (SSSR count). The number of rotatable bonds is 5. The molecule has 142 valence electrons. The van der Waals surface area contributed by atoms with Crippen LogP contribution in [0.25, 0.3) is 0 Å². The maximum Gasteiger partial charge on any atom is 0.339 e. The number of carbonyl (C=O) groups excluding carboxylic acids is 2. The second-order valence-electron chi connectivity index (χ2n) is 6.05. The van der Waals surface area contributed by atoms with Crippen LogP contribution in [0.5, 0.6) is 0 Å². The smallest absolute Gasteiger partial charge is 0.339 e. The molecule has 9 heteroatoms. The van der Waals surface area contributed by atoms with Gasteiger partial charge in [0.1, 0.15) is 5.56 Å². The molecule has 1 saturated heterocycles. The molecular weight excluding hydrogens is 354 g/mol. The first-order valence-corrected chi connectivity index (χ1v) is 8.44. The Morgan fingerprint density at radius 3 is 2.78 bits per heavy atom. The molecule has 2 N–H and O–H groups in total. The van der Waals surface area contributed by atoms with Crippen LogP contribution in [0.1, 0.15) is 33.6 Å². The third kappa shape index (κ3) is 3.98. The fourth-order valence-corrected chi connectivity index (χ4v) is 2.90. The zero-order chi connectivity index (χ0) is 19.4.